The van der Waals surface area contributed by atoms with E-state index in [1.807, 2.05) is 71.7 Å². The van der Waals surface area contributed by atoms with Gasteiger partial charge >= 0.3 is 5.85 Å². The topological polar surface area (TPSA) is 53.9 Å². The Morgan fingerprint density at radius 2 is 1.81 bits per heavy atom. The van der Waals surface area contributed by atoms with Crippen LogP contribution in [-0.4, -0.2) is 21.8 Å². The van der Waals surface area contributed by atoms with E-state index in [0.29, 0.717) is 16.3 Å². The summed E-state index contributed by atoms with van der Waals surface area (Å²) < 4.78 is 6.53. The molecular weight excluding hydrogens is 442 g/mol. The zero-order valence-electron chi connectivity index (χ0n) is 16.9. The maximum atomic E-state index is 12.7. The van der Waals surface area contributed by atoms with Gasteiger partial charge in [-0.1, -0.05) is 78.3 Å². The lowest BCUT2D eigenvalue weighted by molar-refractivity contribution is -0.0949. The number of benzene rings is 3. The number of carbonyl (C=O) groups excluding carboxylic acids is 1. The fraction of sp³-hybridized carbons (Fsp3) is 0.120. The number of amides is 1. The summed E-state index contributed by atoms with van der Waals surface area (Å²) in [7, 11) is 0. The Labute approximate surface area is 194 Å². The fourth-order valence-electron chi connectivity index (χ4n) is 4.40. The van der Waals surface area contributed by atoms with Crippen molar-refractivity contribution in [2.24, 2.45) is 5.10 Å². The van der Waals surface area contributed by atoms with Gasteiger partial charge in [-0.05, 0) is 41.1 Å². The summed E-state index contributed by atoms with van der Waals surface area (Å²) in [5.41, 5.74) is 3.88. The molecule has 0 aliphatic carbocycles. The molecule has 32 heavy (non-hydrogen) atoms. The van der Waals surface area contributed by atoms with Crippen molar-refractivity contribution in [3.05, 3.63) is 105 Å². The number of nitrogens with one attached hydrogen (secondary N) is 1. The van der Waals surface area contributed by atoms with Crippen molar-refractivity contribution in [1.29, 1.82) is 0 Å². The van der Waals surface area contributed by atoms with Crippen LogP contribution in [0.4, 0.5) is 4.79 Å². The number of nitrogens with zero attached hydrogens (tertiary/aromatic N) is 2. The average Bonchev–Trinajstić information content (AvgIpc) is 3.39. The third-order valence-electron chi connectivity index (χ3n) is 5.88. The molecule has 0 aromatic heterocycles. The van der Waals surface area contributed by atoms with E-state index in [4.69, 9.17) is 21.4 Å². The van der Waals surface area contributed by atoms with E-state index in [2.05, 4.69) is 23.5 Å². The molecule has 1 saturated heterocycles. The molecule has 3 aromatic rings. The van der Waals surface area contributed by atoms with E-state index in [9.17, 15) is 4.79 Å². The van der Waals surface area contributed by atoms with Crippen molar-refractivity contribution in [2.75, 3.05) is 0 Å². The Balaban J connectivity index is 1.53. The third-order valence-corrected chi connectivity index (χ3v) is 7.12. The number of hydrogen-bond acceptors (Lipinski definition) is 5. The molecule has 158 valence electrons. The molecule has 7 heteroatoms. The molecule has 5 nitrogen and oxygen atoms in total. The van der Waals surface area contributed by atoms with E-state index in [1.165, 1.54) is 0 Å². The van der Waals surface area contributed by atoms with Gasteiger partial charge in [-0.2, -0.15) is 5.10 Å². The molecule has 0 bridgehead atoms. The summed E-state index contributed by atoms with van der Waals surface area (Å²) in [6.45, 7) is 0. The lowest BCUT2D eigenvalue weighted by Crippen LogP contribution is -2.61. The summed E-state index contributed by atoms with van der Waals surface area (Å²) in [4.78, 5) is 13.4. The average molecular weight is 460 g/mol. The molecule has 6 rings (SSSR count). The largest absolute Gasteiger partial charge is 0.444 e. The second kappa shape index (κ2) is 7.43. The fourth-order valence-corrected chi connectivity index (χ4v) is 5.49. The van der Waals surface area contributed by atoms with E-state index in [0.717, 1.165) is 39.9 Å². The van der Waals surface area contributed by atoms with Crippen LogP contribution in [0.1, 0.15) is 29.2 Å². The monoisotopic (exact) mass is 459 g/mol. The van der Waals surface area contributed by atoms with Gasteiger partial charge in [-0.15, -0.1) is 0 Å². The first-order valence-corrected chi connectivity index (χ1v) is 11.5. The van der Waals surface area contributed by atoms with Crippen LogP contribution in [-0.2, 0) is 0 Å². The van der Waals surface area contributed by atoms with Gasteiger partial charge in [0, 0.05) is 17.0 Å². The highest BCUT2D eigenvalue weighted by atomic mass is 35.5. The van der Waals surface area contributed by atoms with Crippen molar-refractivity contribution >= 4 is 40.4 Å². The van der Waals surface area contributed by atoms with E-state index >= 15 is 0 Å². The summed E-state index contributed by atoms with van der Waals surface area (Å²) in [5.74, 6) is -0.484. The van der Waals surface area contributed by atoms with Crippen LogP contribution in [0.2, 0.25) is 5.02 Å². The number of fused-ring (bicyclic) bond motifs is 4. The predicted octanol–water partition coefficient (Wildman–Crippen LogP) is 6.03. The number of para-hydroxylation sites is 1. The van der Waals surface area contributed by atoms with Crippen LogP contribution in [0, 0.1) is 0 Å². The molecule has 1 fully saturated rings. The van der Waals surface area contributed by atoms with Crippen LogP contribution in [0.25, 0.3) is 6.08 Å². The quantitative estimate of drug-likeness (QED) is 0.508. The highest BCUT2D eigenvalue weighted by Crippen LogP contribution is 2.52. The first-order chi connectivity index (χ1) is 15.6. The van der Waals surface area contributed by atoms with Gasteiger partial charge in [0.25, 0.3) is 5.24 Å². The molecule has 0 unspecified atom stereocenters. The molecule has 1 spiro atoms. The highest BCUT2D eigenvalue weighted by molar-refractivity contribution is 8.17. The van der Waals surface area contributed by atoms with Crippen molar-refractivity contribution in [2.45, 2.75) is 18.3 Å². The van der Waals surface area contributed by atoms with Crippen molar-refractivity contribution in [1.82, 2.24) is 10.3 Å². The van der Waals surface area contributed by atoms with Crippen molar-refractivity contribution in [3.8, 4) is 5.75 Å². The molecule has 1 amide bonds. The molecule has 3 heterocycles. The maximum absolute atomic E-state index is 12.7. The molecule has 0 radical (unpaired) electrons. The number of carbonyl (C=O) groups is 1. The highest BCUT2D eigenvalue weighted by Gasteiger charge is 2.58. The first kappa shape index (κ1) is 19.5. The lowest BCUT2D eigenvalue weighted by atomic mass is 9.95. The minimum absolute atomic E-state index is 0.0659. The third kappa shape index (κ3) is 3.02. The molecule has 2 atom stereocenters. The van der Waals surface area contributed by atoms with Gasteiger partial charge in [-0.3, -0.25) is 10.1 Å². The molecule has 0 saturated carbocycles. The molecule has 1 N–H and O–H groups in total. The number of hydrogen-bond donors (Lipinski definition) is 1. The Kier molecular flexibility index (Phi) is 4.52. The van der Waals surface area contributed by atoms with Gasteiger partial charge in [0.15, 0.2) is 0 Å². The smallest absolute Gasteiger partial charge is 0.314 e. The maximum Gasteiger partial charge on any atom is 0.314 e. The number of thioether (sulfide) groups is 1. The Morgan fingerprint density at radius 1 is 1.06 bits per heavy atom. The van der Waals surface area contributed by atoms with E-state index in [-0.39, 0.29) is 11.3 Å². The van der Waals surface area contributed by atoms with Crippen LogP contribution >= 0.6 is 23.4 Å². The first-order valence-electron chi connectivity index (χ1n) is 10.3. The summed E-state index contributed by atoms with van der Waals surface area (Å²) in [6, 6.07) is 25.5. The second-order valence-corrected chi connectivity index (χ2v) is 9.23. The van der Waals surface area contributed by atoms with Crippen LogP contribution in [0.3, 0.4) is 0 Å². The molecular formula is C25H18ClN3O2S. The van der Waals surface area contributed by atoms with Crippen LogP contribution in [0.5, 0.6) is 5.75 Å². The van der Waals surface area contributed by atoms with Gasteiger partial charge in [0.2, 0.25) is 0 Å². The summed E-state index contributed by atoms with van der Waals surface area (Å²) in [6.07, 6.45) is 2.62. The SMILES string of the molecule is O=C1N[C@]2(Oc3ccccc3[C@@H]3CC(c4ccccc4)=NN32)/C(=C/c2ccccc2Cl)S1. The number of ether oxygens (including phenoxy) is 1. The normalized spacial score (nSPS) is 24.7. The zero-order valence-corrected chi connectivity index (χ0v) is 18.4. The minimum atomic E-state index is -1.23. The van der Waals surface area contributed by atoms with Gasteiger partial charge in [0.05, 0.1) is 16.7 Å². The Morgan fingerprint density at radius 3 is 2.66 bits per heavy atom. The minimum Gasteiger partial charge on any atom is -0.444 e. The van der Waals surface area contributed by atoms with Crippen LogP contribution < -0.4 is 10.1 Å². The second-order valence-electron chi connectivity index (χ2n) is 7.81. The summed E-state index contributed by atoms with van der Waals surface area (Å²) >= 11 is 7.53. The lowest BCUT2D eigenvalue weighted by Gasteiger charge is -2.45. The zero-order chi connectivity index (χ0) is 21.7. The van der Waals surface area contributed by atoms with Gasteiger partial charge < -0.3 is 4.74 Å². The van der Waals surface area contributed by atoms with Crippen LogP contribution in [0.15, 0.2) is 88.9 Å². The Bertz CT molecular complexity index is 1290. The Hall–Kier alpha value is -3.22. The number of hydrazone groups is 1. The van der Waals surface area contributed by atoms with Gasteiger partial charge in [-0.25, -0.2) is 5.01 Å². The van der Waals surface area contributed by atoms with E-state index in [1.54, 1.807) is 0 Å². The molecule has 3 aromatic carbocycles. The van der Waals surface area contributed by atoms with Gasteiger partial charge in [0.1, 0.15) is 5.75 Å². The molecule has 3 aliphatic heterocycles. The molecule has 3 aliphatic rings. The predicted molar refractivity (Wildman–Crippen MR) is 128 cm³/mol. The van der Waals surface area contributed by atoms with E-state index < -0.39 is 5.85 Å². The summed E-state index contributed by atoms with van der Waals surface area (Å²) in [5, 5.41) is 10.4. The number of rotatable bonds is 2. The van der Waals surface area contributed by atoms with Crippen molar-refractivity contribution < 1.29 is 9.53 Å². The van der Waals surface area contributed by atoms with Crippen molar-refractivity contribution in [3.63, 3.8) is 0 Å². The number of halogens is 1. The standard InChI is InChI=1S/C25H18ClN3O2S/c26-19-12-6-4-10-17(19)14-23-25(27-24(30)32-23)29-21(18-11-5-7-13-22(18)31-25)15-20(28-29)16-8-2-1-3-9-16/h1-14,21H,15H2,(H,27,30)/b23-14-/t21-,25+/m0/s1.